The average Bonchev–Trinajstić information content (AvgIpc) is 3.16. The van der Waals surface area contributed by atoms with Crippen LogP contribution in [-0.4, -0.2) is 14.3 Å². The maximum Gasteiger partial charge on any atom is 0.255 e. The number of carbonyl (C=O) groups excluding carboxylic acids is 1. The predicted molar refractivity (Wildman–Crippen MR) is 103 cm³/mol. The molecule has 1 heterocycles. The van der Waals surface area contributed by atoms with Gasteiger partial charge in [0.25, 0.3) is 5.91 Å². The maximum atomic E-state index is 12.5. The Morgan fingerprint density at radius 3 is 2.52 bits per heavy atom. The topological polar surface area (TPSA) is 88.4 Å². The van der Waals surface area contributed by atoms with Crippen molar-refractivity contribution in [2.24, 2.45) is 0 Å². The first-order chi connectivity index (χ1) is 12.8. The maximum absolute atomic E-state index is 12.5. The van der Waals surface area contributed by atoms with Gasteiger partial charge >= 0.3 is 0 Å². The number of halogens is 1. The van der Waals surface area contributed by atoms with Gasteiger partial charge in [-0.25, -0.2) is 13.1 Å². The first-order valence-corrected chi connectivity index (χ1v) is 9.91. The molecule has 0 bridgehead atoms. The van der Waals surface area contributed by atoms with E-state index in [1.807, 2.05) is 19.1 Å². The second-order valence-electron chi connectivity index (χ2n) is 5.87. The molecule has 3 rings (SSSR count). The van der Waals surface area contributed by atoms with Crippen molar-refractivity contribution in [3.63, 3.8) is 0 Å². The van der Waals surface area contributed by atoms with E-state index in [1.165, 1.54) is 24.5 Å². The molecule has 0 spiro atoms. The summed E-state index contributed by atoms with van der Waals surface area (Å²) in [6.07, 6.45) is 1.45. The lowest BCUT2D eigenvalue weighted by Crippen LogP contribution is -2.24. The number of hydrogen-bond donors (Lipinski definition) is 2. The molecule has 0 unspecified atom stereocenters. The number of amides is 1. The summed E-state index contributed by atoms with van der Waals surface area (Å²) in [6, 6.07) is 14.7. The van der Waals surface area contributed by atoms with Crippen molar-refractivity contribution in [2.75, 3.05) is 5.32 Å². The zero-order chi connectivity index (χ0) is 19.4. The molecule has 1 aromatic heterocycles. The van der Waals surface area contributed by atoms with E-state index < -0.39 is 15.9 Å². The Kier molecular flexibility index (Phi) is 5.65. The van der Waals surface area contributed by atoms with E-state index in [1.54, 1.807) is 24.3 Å². The number of carbonyl (C=O) groups is 1. The molecule has 2 aromatic carbocycles. The predicted octanol–water partition coefficient (Wildman–Crippen LogP) is 3.97. The first-order valence-electron chi connectivity index (χ1n) is 8.05. The van der Waals surface area contributed by atoms with Gasteiger partial charge in [-0.05, 0) is 49.4 Å². The fraction of sp³-hybridized carbons (Fsp3) is 0.105. The number of sulfonamides is 1. The van der Waals surface area contributed by atoms with Gasteiger partial charge in [0.15, 0.2) is 0 Å². The van der Waals surface area contributed by atoms with Gasteiger partial charge in [0.05, 0.1) is 17.8 Å². The van der Waals surface area contributed by atoms with Crippen molar-refractivity contribution in [3.05, 3.63) is 82.8 Å². The Bertz CT molecular complexity index is 1050. The van der Waals surface area contributed by atoms with Gasteiger partial charge in [-0.15, -0.1) is 0 Å². The largest absolute Gasteiger partial charge is 0.468 e. The summed E-state index contributed by atoms with van der Waals surface area (Å²) >= 11 is 6.05. The van der Waals surface area contributed by atoms with Gasteiger partial charge < -0.3 is 9.73 Å². The Labute approximate surface area is 162 Å². The molecule has 0 aliphatic carbocycles. The lowest BCUT2D eigenvalue weighted by Gasteiger charge is -2.10. The standard InChI is InChI=1S/C19H17ClN2O4S/c1-13-4-7-15(8-5-13)22-19(23)14-6-9-17(20)18(11-14)27(24,25)21-12-16-3-2-10-26-16/h2-11,21H,12H2,1H3,(H,22,23). The second kappa shape index (κ2) is 7.96. The van der Waals surface area contributed by atoms with Gasteiger partial charge in [0.1, 0.15) is 10.7 Å². The number of furan rings is 1. The number of anilines is 1. The minimum absolute atomic E-state index is 0.0221. The monoisotopic (exact) mass is 404 g/mol. The molecule has 2 N–H and O–H groups in total. The molecule has 0 fully saturated rings. The molecule has 0 saturated carbocycles. The molecule has 0 radical (unpaired) electrons. The summed E-state index contributed by atoms with van der Waals surface area (Å²) in [5.41, 5.74) is 1.86. The molecule has 6 nitrogen and oxygen atoms in total. The highest BCUT2D eigenvalue weighted by Gasteiger charge is 2.20. The molecule has 0 aliphatic heterocycles. The summed E-state index contributed by atoms with van der Waals surface area (Å²) in [7, 11) is -3.92. The van der Waals surface area contributed by atoms with Crippen LogP contribution >= 0.6 is 11.6 Å². The molecule has 0 saturated heterocycles. The molecule has 0 aliphatic rings. The fourth-order valence-corrected chi connectivity index (χ4v) is 3.86. The van der Waals surface area contributed by atoms with Crippen molar-refractivity contribution in [3.8, 4) is 0 Å². The number of nitrogens with one attached hydrogen (secondary N) is 2. The third-order valence-electron chi connectivity index (χ3n) is 3.81. The zero-order valence-electron chi connectivity index (χ0n) is 14.4. The Morgan fingerprint density at radius 2 is 1.85 bits per heavy atom. The lowest BCUT2D eigenvalue weighted by atomic mass is 10.2. The summed E-state index contributed by atoms with van der Waals surface area (Å²) in [4.78, 5) is 12.3. The van der Waals surface area contributed by atoms with Crippen molar-refractivity contribution in [1.82, 2.24) is 4.72 Å². The van der Waals surface area contributed by atoms with Crippen LogP contribution in [0.3, 0.4) is 0 Å². The van der Waals surface area contributed by atoms with E-state index in [2.05, 4.69) is 10.0 Å². The van der Waals surface area contributed by atoms with Crippen LogP contribution in [0.2, 0.25) is 5.02 Å². The van der Waals surface area contributed by atoms with E-state index in [0.29, 0.717) is 11.4 Å². The van der Waals surface area contributed by atoms with Crippen LogP contribution < -0.4 is 10.0 Å². The fourth-order valence-electron chi connectivity index (χ4n) is 2.35. The highest BCUT2D eigenvalue weighted by molar-refractivity contribution is 7.89. The molecule has 1 amide bonds. The summed E-state index contributed by atoms with van der Waals surface area (Å²) < 4.78 is 32.6. The van der Waals surface area contributed by atoms with Crippen LogP contribution in [0.25, 0.3) is 0 Å². The molecule has 3 aromatic rings. The normalized spacial score (nSPS) is 11.3. The minimum Gasteiger partial charge on any atom is -0.468 e. The van der Waals surface area contributed by atoms with Gasteiger partial charge in [0, 0.05) is 11.3 Å². The van der Waals surface area contributed by atoms with Crippen LogP contribution in [0.4, 0.5) is 5.69 Å². The summed E-state index contributed by atoms with van der Waals surface area (Å²) in [5, 5.41) is 2.75. The highest BCUT2D eigenvalue weighted by atomic mass is 35.5. The number of aryl methyl sites for hydroxylation is 1. The average molecular weight is 405 g/mol. The Morgan fingerprint density at radius 1 is 1.11 bits per heavy atom. The molecule has 8 heteroatoms. The van der Waals surface area contributed by atoms with Crippen LogP contribution in [-0.2, 0) is 16.6 Å². The van der Waals surface area contributed by atoms with Gasteiger partial charge in [0.2, 0.25) is 10.0 Å². The summed E-state index contributed by atoms with van der Waals surface area (Å²) in [5.74, 6) is 0.0287. The third kappa shape index (κ3) is 4.77. The van der Waals surface area contributed by atoms with Gasteiger partial charge in [-0.3, -0.25) is 4.79 Å². The molecular formula is C19H17ClN2O4S. The zero-order valence-corrected chi connectivity index (χ0v) is 16.0. The minimum atomic E-state index is -3.92. The molecule has 27 heavy (non-hydrogen) atoms. The van der Waals surface area contributed by atoms with Crippen molar-refractivity contribution < 1.29 is 17.6 Å². The molecule has 140 valence electrons. The highest BCUT2D eigenvalue weighted by Crippen LogP contribution is 2.23. The third-order valence-corrected chi connectivity index (χ3v) is 5.69. The smallest absolute Gasteiger partial charge is 0.255 e. The Balaban J connectivity index is 1.80. The molecule has 0 atom stereocenters. The number of benzene rings is 2. The quantitative estimate of drug-likeness (QED) is 0.650. The van der Waals surface area contributed by atoms with E-state index >= 15 is 0 Å². The van der Waals surface area contributed by atoms with Crippen molar-refractivity contribution in [1.29, 1.82) is 0 Å². The number of hydrogen-bond acceptors (Lipinski definition) is 4. The SMILES string of the molecule is Cc1ccc(NC(=O)c2ccc(Cl)c(S(=O)(=O)NCc3ccco3)c2)cc1. The van der Waals surface area contributed by atoms with E-state index in [4.69, 9.17) is 16.0 Å². The first kappa shape index (κ1) is 19.2. The Hall–Kier alpha value is -2.61. The lowest BCUT2D eigenvalue weighted by molar-refractivity contribution is 0.102. The van der Waals surface area contributed by atoms with E-state index in [0.717, 1.165) is 5.56 Å². The van der Waals surface area contributed by atoms with Crippen molar-refractivity contribution in [2.45, 2.75) is 18.4 Å². The number of rotatable bonds is 6. The van der Waals surface area contributed by atoms with Crippen molar-refractivity contribution >= 4 is 33.2 Å². The van der Waals surface area contributed by atoms with Crippen LogP contribution in [0.5, 0.6) is 0 Å². The second-order valence-corrected chi connectivity index (χ2v) is 8.01. The molecular weight excluding hydrogens is 388 g/mol. The van der Waals surface area contributed by atoms with Crippen LogP contribution in [0.15, 0.2) is 70.2 Å². The van der Waals surface area contributed by atoms with E-state index in [9.17, 15) is 13.2 Å². The summed E-state index contributed by atoms with van der Waals surface area (Å²) in [6.45, 7) is 1.92. The van der Waals surface area contributed by atoms with Gasteiger partial charge in [-0.2, -0.15) is 0 Å². The van der Waals surface area contributed by atoms with E-state index in [-0.39, 0.29) is 22.0 Å². The van der Waals surface area contributed by atoms with Gasteiger partial charge in [-0.1, -0.05) is 29.3 Å². The van der Waals surface area contributed by atoms with Crippen LogP contribution in [0, 0.1) is 6.92 Å². The van der Waals surface area contributed by atoms with Crippen LogP contribution in [0.1, 0.15) is 21.7 Å².